The van der Waals surface area contributed by atoms with Crippen molar-refractivity contribution >= 4 is 17.3 Å². The van der Waals surface area contributed by atoms with Gasteiger partial charge in [-0.15, -0.1) is 0 Å². The van der Waals surface area contributed by atoms with E-state index in [1.54, 1.807) is 30.3 Å². The van der Waals surface area contributed by atoms with Crippen molar-refractivity contribution in [1.82, 2.24) is 0 Å². The molecule has 2 N–H and O–H groups in total. The molecule has 134 valence electrons. The normalized spacial score (nSPS) is 24.1. The number of carboxylic acid groups (broad SMARTS) is 1. The van der Waals surface area contributed by atoms with Crippen LogP contribution in [0.3, 0.4) is 0 Å². The zero-order valence-corrected chi connectivity index (χ0v) is 13.9. The van der Waals surface area contributed by atoms with Crippen LogP contribution in [0, 0.1) is 16.0 Å². The van der Waals surface area contributed by atoms with Gasteiger partial charge in [-0.2, -0.15) is 0 Å². The van der Waals surface area contributed by atoms with Crippen LogP contribution in [0.5, 0.6) is 0 Å². The minimum Gasteiger partial charge on any atom is -0.478 e. The lowest BCUT2D eigenvalue weighted by Gasteiger charge is -2.43. The number of carbonyl (C=O) groups is 1. The lowest BCUT2D eigenvalue weighted by atomic mass is 9.77. The van der Waals surface area contributed by atoms with Gasteiger partial charge in [0.25, 0.3) is 5.69 Å². The summed E-state index contributed by atoms with van der Waals surface area (Å²) in [5, 5.41) is 23.6. The van der Waals surface area contributed by atoms with Gasteiger partial charge in [0.1, 0.15) is 0 Å². The first kappa shape index (κ1) is 16.5. The van der Waals surface area contributed by atoms with Crippen LogP contribution in [0.25, 0.3) is 0 Å². The van der Waals surface area contributed by atoms with Crippen LogP contribution >= 0.6 is 0 Å². The number of nitrogens with zero attached hydrogens (tertiary/aromatic N) is 1. The van der Waals surface area contributed by atoms with Gasteiger partial charge in [0.05, 0.1) is 22.6 Å². The molecule has 2 aromatic rings. The largest absolute Gasteiger partial charge is 0.478 e. The smallest absolute Gasteiger partial charge is 0.335 e. The van der Waals surface area contributed by atoms with Gasteiger partial charge >= 0.3 is 5.97 Å². The summed E-state index contributed by atoms with van der Waals surface area (Å²) in [5.41, 5.74) is 2.98. The molecule has 1 fully saturated rings. The maximum Gasteiger partial charge on any atom is 0.335 e. The van der Waals surface area contributed by atoms with Gasteiger partial charge in [0.15, 0.2) is 0 Å². The Morgan fingerprint density at radius 2 is 2.00 bits per heavy atom. The molecule has 1 saturated heterocycles. The average molecular weight is 354 g/mol. The molecular weight excluding hydrogens is 336 g/mol. The third kappa shape index (κ3) is 2.80. The maximum absolute atomic E-state index is 11.3. The lowest BCUT2D eigenvalue weighted by molar-refractivity contribution is -0.384. The Bertz CT molecular complexity index is 865. The minimum absolute atomic E-state index is 0.0377. The summed E-state index contributed by atoms with van der Waals surface area (Å²) in [5.74, 6) is -0.820. The predicted octanol–water partition coefficient (Wildman–Crippen LogP) is 3.93. The Morgan fingerprint density at radius 3 is 2.69 bits per heavy atom. The minimum atomic E-state index is -0.961. The molecule has 0 unspecified atom stereocenters. The van der Waals surface area contributed by atoms with Crippen LogP contribution in [0.1, 0.15) is 46.5 Å². The Hall–Kier alpha value is -2.93. The van der Waals surface area contributed by atoms with Crippen LogP contribution in [0.2, 0.25) is 0 Å². The SMILES string of the molecule is O=C(O)c1ccc2c(c1)[C@H]1OCCC[C@@H]1[C@H](c1ccc([N+](=O)[O-])cc1)N2. The molecule has 0 saturated carbocycles. The molecule has 0 radical (unpaired) electrons. The first-order chi connectivity index (χ1) is 12.5. The number of anilines is 1. The molecule has 0 bridgehead atoms. The maximum atomic E-state index is 11.3. The van der Waals surface area contributed by atoms with Crippen molar-refractivity contribution < 1.29 is 19.6 Å². The predicted molar refractivity (Wildman–Crippen MR) is 94.3 cm³/mol. The molecule has 0 aromatic heterocycles. The third-order valence-corrected chi connectivity index (χ3v) is 5.18. The second kappa shape index (κ2) is 6.42. The van der Waals surface area contributed by atoms with E-state index in [0.29, 0.717) is 6.61 Å². The van der Waals surface area contributed by atoms with E-state index in [1.165, 1.54) is 12.1 Å². The van der Waals surface area contributed by atoms with Crippen LogP contribution in [-0.2, 0) is 4.74 Å². The molecule has 2 aromatic carbocycles. The topological polar surface area (TPSA) is 102 Å². The second-order valence-corrected chi connectivity index (χ2v) is 6.68. The molecule has 2 aliphatic heterocycles. The number of non-ortho nitro benzene ring substituents is 1. The molecule has 0 amide bonds. The van der Waals surface area contributed by atoms with Crippen LogP contribution < -0.4 is 5.32 Å². The fraction of sp³-hybridized carbons (Fsp3) is 0.316. The van der Waals surface area contributed by atoms with Crippen molar-refractivity contribution in [3.63, 3.8) is 0 Å². The average Bonchev–Trinajstić information content (AvgIpc) is 2.67. The van der Waals surface area contributed by atoms with E-state index < -0.39 is 10.9 Å². The molecule has 4 rings (SSSR count). The summed E-state index contributed by atoms with van der Waals surface area (Å²) < 4.78 is 6.02. The number of carboxylic acids is 1. The van der Waals surface area contributed by atoms with Crippen molar-refractivity contribution in [2.75, 3.05) is 11.9 Å². The lowest BCUT2D eigenvalue weighted by Crippen LogP contribution is -2.36. The molecule has 7 heteroatoms. The van der Waals surface area contributed by atoms with E-state index in [0.717, 1.165) is 29.7 Å². The Morgan fingerprint density at radius 1 is 1.23 bits per heavy atom. The van der Waals surface area contributed by atoms with Crippen LogP contribution in [-0.4, -0.2) is 22.6 Å². The third-order valence-electron chi connectivity index (χ3n) is 5.18. The number of rotatable bonds is 3. The number of hydrogen-bond donors (Lipinski definition) is 2. The molecule has 0 spiro atoms. The van der Waals surface area contributed by atoms with Gasteiger partial charge in [0, 0.05) is 35.9 Å². The fourth-order valence-electron chi connectivity index (χ4n) is 3.94. The van der Waals surface area contributed by atoms with Gasteiger partial charge in [-0.25, -0.2) is 4.79 Å². The monoisotopic (exact) mass is 354 g/mol. The Labute approximate surface area is 149 Å². The van der Waals surface area contributed by atoms with Crippen LogP contribution in [0.15, 0.2) is 42.5 Å². The number of nitrogens with one attached hydrogen (secondary N) is 1. The first-order valence-electron chi connectivity index (χ1n) is 8.54. The second-order valence-electron chi connectivity index (χ2n) is 6.68. The highest BCUT2D eigenvalue weighted by Crippen LogP contribution is 2.49. The number of aromatic carboxylic acids is 1. The van der Waals surface area contributed by atoms with Gasteiger partial charge < -0.3 is 15.2 Å². The van der Waals surface area contributed by atoms with Crippen molar-refractivity contribution in [3.8, 4) is 0 Å². The zero-order chi connectivity index (χ0) is 18.3. The van der Waals surface area contributed by atoms with E-state index in [1.807, 2.05) is 0 Å². The number of benzene rings is 2. The first-order valence-corrected chi connectivity index (χ1v) is 8.54. The highest BCUT2D eigenvalue weighted by atomic mass is 16.6. The molecule has 3 atom stereocenters. The summed E-state index contributed by atoms with van der Waals surface area (Å²) >= 11 is 0. The molecule has 2 aliphatic rings. The van der Waals surface area contributed by atoms with Crippen LogP contribution in [0.4, 0.5) is 11.4 Å². The quantitative estimate of drug-likeness (QED) is 0.640. The van der Waals surface area contributed by atoms with Crippen molar-refractivity contribution in [2.24, 2.45) is 5.92 Å². The molecule has 26 heavy (non-hydrogen) atoms. The number of nitro groups is 1. The fourth-order valence-corrected chi connectivity index (χ4v) is 3.94. The molecular formula is C19H18N2O5. The van der Waals surface area contributed by atoms with E-state index in [4.69, 9.17) is 4.74 Å². The van der Waals surface area contributed by atoms with E-state index in [9.17, 15) is 20.0 Å². The molecule has 7 nitrogen and oxygen atoms in total. The number of hydrogen-bond acceptors (Lipinski definition) is 5. The van der Waals surface area contributed by atoms with Gasteiger partial charge in [-0.1, -0.05) is 12.1 Å². The van der Waals surface area contributed by atoms with Crippen molar-refractivity contribution in [2.45, 2.75) is 25.0 Å². The van der Waals surface area contributed by atoms with Crippen molar-refractivity contribution in [1.29, 1.82) is 0 Å². The summed E-state index contributed by atoms with van der Waals surface area (Å²) in [6.45, 7) is 0.644. The van der Waals surface area contributed by atoms with Crippen molar-refractivity contribution in [3.05, 3.63) is 69.3 Å². The number of nitro benzene ring substituents is 1. The molecule has 0 aliphatic carbocycles. The molecule has 2 heterocycles. The number of fused-ring (bicyclic) bond motifs is 3. The van der Waals surface area contributed by atoms with E-state index in [2.05, 4.69) is 5.32 Å². The van der Waals surface area contributed by atoms with Gasteiger partial charge in [-0.3, -0.25) is 10.1 Å². The Kier molecular flexibility index (Phi) is 4.08. The van der Waals surface area contributed by atoms with E-state index in [-0.39, 0.29) is 29.3 Å². The van der Waals surface area contributed by atoms with Gasteiger partial charge in [0.2, 0.25) is 0 Å². The summed E-state index contributed by atoms with van der Waals surface area (Å²) in [6, 6.07) is 11.6. The zero-order valence-electron chi connectivity index (χ0n) is 13.9. The van der Waals surface area contributed by atoms with Gasteiger partial charge in [-0.05, 0) is 36.6 Å². The summed E-state index contributed by atoms with van der Waals surface area (Å²) in [4.78, 5) is 21.8. The summed E-state index contributed by atoms with van der Waals surface area (Å²) in [6.07, 6.45) is 1.69. The Balaban J connectivity index is 1.73. The highest BCUT2D eigenvalue weighted by Gasteiger charge is 2.40. The highest BCUT2D eigenvalue weighted by molar-refractivity contribution is 5.88. The van der Waals surface area contributed by atoms with E-state index >= 15 is 0 Å². The number of ether oxygens (including phenoxy) is 1. The summed E-state index contributed by atoms with van der Waals surface area (Å²) in [7, 11) is 0. The standard InChI is InChI=1S/C19H18N2O5/c22-19(23)12-5-8-16-15(10-12)18-14(2-1-9-26-18)17(20-16)11-3-6-13(7-4-11)21(24)25/h3-8,10,14,17-18,20H,1-2,9H2,(H,22,23)/t14-,17+,18+/m1/s1.